The van der Waals surface area contributed by atoms with Gasteiger partial charge in [-0.15, -0.1) is 0 Å². The molecule has 2 aromatic rings. The van der Waals surface area contributed by atoms with Gasteiger partial charge in [0.2, 0.25) is 5.91 Å². The van der Waals surface area contributed by atoms with E-state index in [9.17, 15) is 9.59 Å². The van der Waals surface area contributed by atoms with Crippen molar-refractivity contribution in [3.8, 4) is 5.75 Å². The van der Waals surface area contributed by atoms with Crippen LogP contribution in [0.15, 0.2) is 42.5 Å². The third-order valence-corrected chi connectivity index (χ3v) is 3.89. The van der Waals surface area contributed by atoms with Crippen molar-refractivity contribution in [2.75, 3.05) is 24.4 Å². The number of rotatable bonds is 5. The molecule has 0 aliphatic carbocycles. The van der Waals surface area contributed by atoms with E-state index in [1.807, 2.05) is 0 Å². The molecule has 0 bridgehead atoms. The number of hydrogen-bond donors (Lipinski definition) is 1. The average Bonchev–Trinajstić information content (AvgIpc) is 2.60. The van der Waals surface area contributed by atoms with Gasteiger partial charge in [-0.2, -0.15) is 0 Å². The van der Waals surface area contributed by atoms with E-state index >= 15 is 0 Å². The first-order chi connectivity index (χ1) is 11.5. The second-order valence-electron chi connectivity index (χ2n) is 5.13. The number of carbonyl (C=O) groups excluding carboxylic acids is 2. The quantitative estimate of drug-likeness (QED) is 0.891. The monoisotopic (exact) mass is 346 g/mol. The Labute approximate surface area is 146 Å². The van der Waals surface area contributed by atoms with Gasteiger partial charge in [-0.3, -0.25) is 9.59 Å². The maximum Gasteiger partial charge on any atom is 0.257 e. The van der Waals surface area contributed by atoms with Crippen LogP contribution in [-0.2, 0) is 4.79 Å². The Bertz CT molecular complexity index is 762. The highest BCUT2D eigenvalue weighted by Crippen LogP contribution is 2.28. The molecule has 5 nitrogen and oxygen atoms in total. The number of para-hydroxylation sites is 1. The Morgan fingerprint density at radius 3 is 2.54 bits per heavy atom. The normalized spacial score (nSPS) is 10.2. The van der Waals surface area contributed by atoms with Crippen LogP contribution in [-0.4, -0.2) is 26.0 Å². The molecule has 0 aliphatic heterocycles. The number of anilines is 2. The third-order valence-electron chi connectivity index (χ3n) is 3.60. The maximum atomic E-state index is 12.6. The van der Waals surface area contributed by atoms with Crippen LogP contribution in [0.3, 0.4) is 0 Å². The molecule has 0 saturated heterocycles. The number of halogens is 1. The highest BCUT2D eigenvalue weighted by Gasteiger charge is 2.17. The second-order valence-corrected chi connectivity index (χ2v) is 5.53. The average molecular weight is 347 g/mol. The van der Waals surface area contributed by atoms with Crippen LogP contribution >= 0.6 is 11.6 Å². The molecule has 0 spiro atoms. The predicted molar refractivity (Wildman–Crippen MR) is 96.1 cm³/mol. The summed E-state index contributed by atoms with van der Waals surface area (Å²) in [5.74, 6) is 0.147. The van der Waals surface area contributed by atoms with E-state index in [1.54, 1.807) is 56.4 Å². The molecular weight excluding hydrogens is 328 g/mol. The molecule has 0 saturated carbocycles. The summed E-state index contributed by atoms with van der Waals surface area (Å²) >= 11 is 6.07. The number of methoxy groups -OCH3 is 1. The van der Waals surface area contributed by atoms with Gasteiger partial charge >= 0.3 is 0 Å². The first-order valence-corrected chi connectivity index (χ1v) is 7.86. The lowest BCUT2D eigenvalue weighted by Gasteiger charge is -2.20. The van der Waals surface area contributed by atoms with Crippen LogP contribution < -0.4 is 15.0 Å². The number of ether oxygens (including phenoxy) is 1. The number of benzene rings is 2. The molecule has 126 valence electrons. The highest BCUT2D eigenvalue weighted by molar-refractivity contribution is 6.32. The Hall–Kier alpha value is -2.53. The van der Waals surface area contributed by atoms with Crippen molar-refractivity contribution < 1.29 is 14.3 Å². The van der Waals surface area contributed by atoms with Crippen LogP contribution in [0.4, 0.5) is 11.4 Å². The van der Waals surface area contributed by atoms with Crippen molar-refractivity contribution in [1.29, 1.82) is 0 Å². The SMILES string of the molecule is CCC(=O)N(C)c1ccccc1C(=O)Nc1ccc(OC)c(Cl)c1. The summed E-state index contributed by atoms with van der Waals surface area (Å²) in [4.78, 5) is 26.0. The fourth-order valence-electron chi connectivity index (χ4n) is 2.27. The van der Waals surface area contributed by atoms with E-state index in [4.69, 9.17) is 16.3 Å². The first-order valence-electron chi connectivity index (χ1n) is 7.48. The Kier molecular flexibility index (Phi) is 5.82. The molecule has 6 heteroatoms. The van der Waals surface area contributed by atoms with Crippen molar-refractivity contribution in [3.63, 3.8) is 0 Å². The van der Waals surface area contributed by atoms with Crippen LogP contribution in [0.1, 0.15) is 23.7 Å². The summed E-state index contributed by atoms with van der Waals surface area (Å²) in [5.41, 5.74) is 1.51. The third kappa shape index (κ3) is 3.86. The van der Waals surface area contributed by atoms with Crippen molar-refractivity contribution in [3.05, 3.63) is 53.1 Å². The Morgan fingerprint density at radius 2 is 1.92 bits per heavy atom. The molecule has 0 radical (unpaired) electrons. The van der Waals surface area contributed by atoms with Gasteiger partial charge in [-0.05, 0) is 30.3 Å². The largest absolute Gasteiger partial charge is 0.495 e. The standard InChI is InChI=1S/C18H19ClN2O3/c1-4-17(22)21(2)15-8-6-5-7-13(15)18(23)20-12-9-10-16(24-3)14(19)11-12/h5-11H,4H2,1-3H3,(H,20,23). The van der Waals surface area contributed by atoms with Crippen molar-refractivity contribution in [2.45, 2.75) is 13.3 Å². The van der Waals surface area contributed by atoms with Gasteiger partial charge in [-0.25, -0.2) is 0 Å². The van der Waals surface area contributed by atoms with Gasteiger partial charge in [0.05, 0.1) is 23.4 Å². The summed E-state index contributed by atoms with van der Waals surface area (Å²) in [5, 5.41) is 3.19. The van der Waals surface area contributed by atoms with E-state index in [-0.39, 0.29) is 11.8 Å². The van der Waals surface area contributed by atoms with Gasteiger partial charge < -0.3 is 15.0 Å². The molecule has 0 atom stereocenters. The minimum atomic E-state index is -0.317. The number of hydrogen-bond acceptors (Lipinski definition) is 3. The van der Waals surface area contributed by atoms with E-state index in [1.165, 1.54) is 12.0 Å². The molecule has 24 heavy (non-hydrogen) atoms. The smallest absolute Gasteiger partial charge is 0.257 e. The molecule has 2 aromatic carbocycles. The topological polar surface area (TPSA) is 58.6 Å². The van der Waals surface area contributed by atoms with Crippen molar-refractivity contribution in [2.24, 2.45) is 0 Å². The van der Waals surface area contributed by atoms with Gasteiger partial charge in [-0.1, -0.05) is 30.7 Å². The van der Waals surface area contributed by atoms with Crippen LogP contribution in [0.2, 0.25) is 5.02 Å². The summed E-state index contributed by atoms with van der Waals surface area (Å²) in [6.45, 7) is 1.78. The van der Waals surface area contributed by atoms with Crippen molar-refractivity contribution >= 4 is 34.8 Å². The predicted octanol–water partition coefficient (Wildman–Crippen LogP) is 3.97. The van der Waals surface area contributed by atoms with Crippen LogP contribution in [0.5, 0.6) is 5.75 Å². The summed E-state index contributed by atoms with van der Waals surface area (Å²) in [7, 11) is 3.18. The molecule has 1 N–H and O–H groups in total. The number of amides is 2. The van der Waals surface area contributed by atoms with Crippen LogP contribution in [0.25, 0.3) is 0 Å². The molecule has 0 fully saturated rings. The zero-order chi connectivity index (χ0) is 17.7. The zero-order valence-electron chi connectivity index (χ0n) is 13.8. The van der Waals surface area contributed by atoms with Gasteiger partial charge in [0.15, 0.2) is 0 Å². The van der Waals surface area contributed by atoms with Crippen LogP contribution in [0, 0.1) is 0 Å². The summed E-state index contributed by atoms with van der Waals surface area (Å²) in [6, 6.07) is 11.9. The van der Waals surface area contributed by atoms with Gasteiger partial charge in [0.1, 0.15) is 5.75 Å². The Balaban J connectivity index is 2.27. The minimum Gasteiger partial charge on any atom is -0.495 e. The molecular formula is C18H19ClN2O3. The number of nitrogens with one attached hydrogen (secondary N) is 1. The summed E-state index contributed by atoms with van der Waals surface area (Å²) < 4.78 is 5.09. The number of carbonyl (C=O) groups is 2. The van der Waals surface area contributed by atoms with Crippen molar-refractivity contribution in [1.82, 2.24) is 0 Å². The molecule has 2 rings (SSSR count). The fraction of sp³-hybridized carbons (Fsp3) is 0.222. The lowest BCUT2D eigenvalue weighted by Crippen LogP contribution is -2.27. The lowest BCUT2D eigenvalue weighted by atomic mass is 10.1. The fourth-order valence-corrected chi connectivity index (χ4v) is 2.53. The molecule has 2 amide bonds. The first kappa shape index (κ1) is 17.8. The molecule has 0 aromatic heterocycles. The molecule has 0 heterocycles. The number of nitrogens with zero attached hydrogens (tertiary/aromatic N) is 1. The van der Waals surface area contributed by atoms with E-state index in [0.29, 0.717) is 34.1 Å². The zero-order valence-corrected chi connectivity index (χ0v) is 14.6. The molecule has 0 unspecified atom stereocenters. The lowest BCUT2D eigenvalue weighted by molar-refractivity contribution is -0.118. The maximum absolute atomic E-state index is 12.6. The van der Waals surface area contributed by atoms with E-state index < -0.39 is 0 Å². The van der Waals surface area contributed by atoms with E-state index in [0.717, 1.165) is 0 Å². The van der Waals surface area contributed by atoms with E-state index in [2.05, 4.69) is 5.32 Å². The molecule has 0 aliphatic rings. The van der Waals surface area contributed by atoms with Gasteiger partial charge in [0, 0.05) is 19.2 Å². The second kappa shape index (κ2) is 7.84. The summed E-state index contributed by atoms with van der Waals surface area (Å²) in [6.07, 6.45) is 0.362. The minimum absolute atomic E-state index is 0.0669. The van der Waals surface area contributed by atoms with Gasteiger partial charge in [0.25, 0.3) is 5.91 Å². The Morgan fingerprint density at radius 1 is 1.21 bits per heavy atom. The highest BCUT2D eigenvalue weighted by atomic mass is 35.5.